The molecule has 3 N–H and O–H groups in total. The van der Waals surface area contributed by atoms with Gasteiger partial charge in [0.2, 0.25) is 10.0 Å². The molecule has 0 aromatic carbocycles. The zero-order valence-electron chi connectivity index (χ0n) is 8.55. The highest BCUT2D eigenvalue weighted by molar-refractivity contribution is 7.92. The van der Waals surface area contributed by atoms with Gasteiger partial charge in [0, 0.05) is 6.04 Å². The molecule has 94 valence electrons. The Bertz CT molecular complexity index is 454. The smallest absolute Gasteiger partial charge is 0.218 e. The summed E-state index contributed by atoms with van der Waals surface area (Å²) in [6.07, 6.45) is 0.609. The van der Waals surface area contributed by atoms with Crippen molar-refractivity contribution in [3.05, 3.63) is 0 Å². The summed E-state index contributed by atoms with van der Waals surface area (Å²) in [5.41, 5.74) is 5.14. The molecule has 0 aromatic rings. The molecule has 0 saturated carbocycles. The van der Waals surface area contributed by atoms with E-state index in [0.29, 0.717) is 12.8 Å². The maximum atomic E-state index is 11.4. The van der Waals surface area contributed by atoms with E-state index in [-0.39, 0.29) is 22.5 Å². The van der Waals surface area contributed by atoms with E-state index in [4.69, 9.17) is 5.73 Å². The van der Waals surface area contributed by atoms with E-state index in [1.165, 1.54) is 0 Å². The highest BCUT2D eigenvalue weighted by Gasteiger charge is 2.26. The van der Waals surface area contributed by atoms with Crippen molar-refractivity contribution in [2.45, 2.75) is 18.9 Å². The van der Waals surface area contributed by atoms with E-state index in [1.807, 2.05) is 0 Å². The first-order valence-corrected chi connectivity index (χ1v) is 8.57. The Balaban J connectivity index is 2.54. The number of rotatable bonds is 4. The van der Waals surface area contributed by atoms with E-state index < -0.39 is 25.6 Å². The molecule has 0 aliphatic carbocycles. The van der Waals surface area contributed by atoms with Crippen LogP contribution in [0.4, 0.5) is 0 Å². The molecule has 0 bridgehead atoms. The van der Waals surface area contributed by atoms with Gasteiger partial charge in [0.25, 0.3) is 0 Å². The molecule has 9 heteroatoms. The van der Waals surface area contributed by atoms with Gasteiger partial charge in [0.1, 0.15) is 15.6 Å². The van der Waals surface area contributed by atoms with Crippen molar-refractivity contribution >= 4 is 37.1 Å². The molecule has 1 aliphatic rings. The predicted octanol–water partition coefficient (Wildman–Crippen LogP) is -1.23. The number of sulfonamides is 1. The summed E-state index contributed by atoms with van der Waals surface area (Å²) in [6.45, 7) is 0. The standard InChI is InChI=1S/C7H14N2O4S3/c8-7(14)5-16(12,13)9-6-1-3-15(10,11)4-2-6/h6,9H,1-5H2,(H2,8,14). The van der Waals surface area contributed by atoms with Gasteiger partial charge in [0.05, 0.1) is 16.5 Å². The van der Waals surface area contributed by atoms with Gasteiger partial charge in [-0.2, -0.15) is 0 Å². The number of hydrogen-bond donors (Lipinski definition) is 2. The van der Waals surface area contributed by atoms with Crippen molar-refractivity contribution in [1.29, 1.82) is 0 Å². The maximum Gasteiger partial charge on any atom is 0.218 e. The van der Waals surface area contributed by atoms with Gasteiger partial charge < -0.3 is 5.73 Å². The second-order valence-electron chi connectivity index (χ2n) is 3.77. The summed E-state index contributed by atoms with van der Waals surface area (Å²) in [5, 5.41) is 0. The molecule has 0 atom stereocenters. The Kier molecular flexibility index (Phi) is 4.27. The van der Waals surface area contributed by atoms with Crippen molar-refractivity contribution in [3.8, 4) is 0 Å². The summed E-state index contributed by atoms with van der Waals surface area (Å²) in [5.74, 6) is -0.355. The fourth-order valence-corrected chi connectivity index (χ4v) is 4.65. The number of nitrogens with two attached hydrogens (primary N) is 1. The molecule has 0 unspecified atom stereocenters. The molecular weight excluding hydrogens is 272 g/mol. The SMILES string of the molecule is NC(=S)CS(=O)(=O)NC1CCS(=O)(=O)CC1. The van der Waals surface area contributed by atoms with Gasteiger partial charge in [0.15, 0.2) is 0 Å². The highest BCUT2D eigenvalue weighted by atomic mass is 32.2. The van der Waals surface area contributed by atoms with Crippen molar-refractivity contribution in [2.24, 2.45) is 5.73 Å². The van der Waals surface area contributed by atoms with Gasteiger partial charge in [-0.15, -0.1) is 0 Å². The van der Waals surface area contributed by atoms with E-state index in [2.05, 4.69) is 16.9 Å². The first-order chi connectivity index (χ1) is 7.20. The fraction of sp³-hybridized carbons (Fsp3) is 0.857. The Labute approximate surface area is 101 Å². The van der Waals surface area contributed by atoms with Crippen LogP contribution in [0.3, 0.4) is 0 Å². The van der Waals surface area contributed by atoms with Crippen LogP contribution < -0.4 is 10.5 Å². The van der Waals surface area contributed by atoms with Gasteiger partial charge in [-0.25, -0.2) is 21.6 Å². The van der Waals surface area contributed by atoms with Crippen LogP contribution >= 0.6 is 12.2 Å². The lowest BCUT2D eigenvalue weighted by Gasteiger charge is -2.22. The number of sulfone groups is 1. The third-order valence-corrected chi connectivity index (χ3v) is 5.66. The lowest BCUT2D eigenvalue weighted by atomic mass is 10.2. The predicted molar refractivity (Wildman–Crippen MR) is 65.4 cm³/mol. The van der Waals surface area contributed by atoms with Crippen LogP contribution in [-0.4, -0.2) is 45.1 Å². The molecule has 1 fully saturated rings. The lowest BCUT2D eigenvalue weighted by molar-refractivity contribution is 0.507. The normalized spacial score (nSPS) is 21.8. The van der Waals surface area contributed by atoms with Crippen LogP contribution in [0.5, 0.6) is 0 Å². The molecular formula is C7H14N2O4S3. The zero-order chi connectivity index (χ0) is 12.4. The number of thiocarbonyl (C=S) groups is 1. The van der Waals surface area contributed by atoms with Gasteiger partial charge in [-0.05, 0) is 12.8 Å². The Morgan fingerprint density at radius 3 is 2.31 bits per heavy atom. The average molecular weight is 286 g/mol. The van der Waals surface area contributed by atoms with Crippen LogP contribution in [-0.2, 0) is 19.9 Å². The first-order valence-electron chi connectivity index (χ1n) is 4.69. The van der Waals surface area contributed by atoms with Gasteiger partial charge in [-0.1, -0.05) is 12.2 Å². The molecule has 0 radical (unpaired) electrons. The summed E-state index contributed by atoms with van der Waals surface area (Å²) in [6, 6.07) is -0.331. The van der Waals surface area contributed by atoms with Crippen LogP contribution in [0.15, 0.2) is 0 Å². The minimum atomic E-state index is -3.53. The molecule has 16 heavy (non-hydrogen) atoms. The van der Waals surface area contributed by atoms with E-state index >= 15 is 0 Å². The second kappa shape index (κ2) is 4.94. The molecule has 1 aliphatic heterocycles. The Hall–Kier alpha value is -0.250. The van der Waals surface area contributed by atoms with Crippen molar-refractivity contribution in [1.82, 2.24) is 4.72 Å². The molecule has 6 nitrogen and oxygen atoms in total. The molecule has 0 amide bonds. The quantitative estimate of drug-likeness (QED) is 0.627. The number of hydrogen-bond acceptors (Lipinski definition) is 5. The Morgan fingerprint density at radius 2 is 1.88 bits per heavy atom. The summed E-state index contributed by atoms with van der Waals surface area (Å²) in [4.78, 5) is -0.101. The topological polar surface area (TPSA) is 106 Å². The lowest BCUT2D eigenvalue weighted by Crippen LogP contribution is -2.43. The van der Waals surface area contributed by atoms with E-state index in [0.717, 1.165) is 0 Å². The summed E-state index contributed by atoms with van der Waals surface area (Å²) in [7, 11) is -6.51. The van der Waals surface area contributed by atoms with Crippen LogP contribution in [0.25, 0.3) is 0 Å². The summed E-state index contributed by atoms with van der Waals surface area (Å²) >= 11 is 4.51. The third kappa shape index (κ3) is 4.73. The van der Waals surface area contributed by atoms with E-state index in [9.17, 15) is 16.8 Å². The minimum Gasteiger partial charge on any atom is -0.392 e. The Morgan fingerprint density at radius 1 is 1.38 bits per heavy atom. The molecule has 1 rings (SSSR count). The molecule has 0 spiro atoms. The molecule has 0 aromatic heterocycles. The average Bonchev–Trinajstić information content (AvgIpc) is 2.06. The zero-order valence-corrected chi connectivity index (χ0v) is 11.0. The van der Waals surface area contributed by atoms with Crippen molar-refractivity contribution in [2.75, 3.05) is 17.3 Å². The third-order valence-electron chi connectivity index (χ3n) is 2.23. The second-order valence-corrected chi connectivity index (χ2v) is 8.35. The highest BCUT2D eigenvalue weighted by Crippen LogP contribution is 2.12. The molecule has 1 heterocycles. The molecule has 1 saturated heterocycles. The first kappa shape index (κ1) is 13.8. The van der Waals surface area contributed by atoms with E-state index in [1.54, 1.807) is 0 Å². The fourth-order valence-electron chi connectivity index (χ4n) is 1.49. The summed E-state index contributed by atoms with van der Waals surface area (Å²) < 4.78 is 47.5. The van der Waals surface area contributed by atoms with Crippen LogP contribution in [0.1, 0.15) is 12.8 Å². The monoisotopic (exact) mass is 286 g/mol. The maximum absolute atomic E-state index is 11.4. The van der Waals surface area contributed by atoms with Gasteiger partial charge >= 0.3 is 0 Å². The van der Waals surface area contributed by atoms with Crippen LogP contribution in [0, 0.1) is 0 Å². The van der Waals surface area contributed by atoms with Crippen LogP contribution in [0.2, 0.25) is 0 Å². The van der Waals surface area contributed by atoms with Gasteiger partial charge in [-0.3, -0.25) is 0 Å². The van der Waals surface area contributed by atoms with Crippen molar-refractivity contribution in [3.63, 3.8) is 0 Å². The largest absolute Gasteiger partial charge is 0.392 e. The minimum absolute atomic E-state index is 0.0211. The van der Waals surface area contributed by atoms with Crippen molar-refractivity contribution < 1.29 is 16.8 Å². The number of nitrogens with one attached hydrogen (secondary N) is 1.